The van der Waals surface area contributed by atoms with Gasteiger partial charge in [-0.1, -0.05) is 0 Å². The third-order valence-corrected chi connectivity index (χ3v) is 3.28. The van der Waals surface area contributed by atoms with E-state index in [9.17, 15) is 18.0 Å². The number of benzene rings is 1. The second-order valence-electron chi connectivity index (χ2n) is 4.14. The number of rotatable bonds is 5. The van der Waals surface area contributed by atoms with Crippen molar-refractivity contribution >= 4 is 27.6 Å². The summed E-state index contributed by atoms with van der Waals surface area (Å²) < 4.78 is 42.8. The van der Waals surface area contributed by atoms with Gasteiger partial charge in [0.1, 0.15) is 0 Å². The lowest BCUT2D eigenvalue weighted by Gasteiger charge is -2.21. The van der Waals surface area contributed by atoms with Crippen molar-refractivity contribution in [1.29, 1.82) is 0 Å². The van der Waals surface area contributed by atoms with Gasteiger partial charge in [0.05, 0.1) is 24.3 Å². The molecule has 7 heteroatoms. The molecule has 20 heavy (non-hydrogen) atoms. The van der Waals surface area contributed by atoms with Gasteiger partial charge in [-0.2, -0.15) is 13.2 Å². The van der Waals surface area contributed by atoms with Gasteiger partial charge in [-0.05, 0) is 41.1 Å². The van der Waals surface area contributed by atoms with E-state index in [0.717, 1.165) is 12.1 Å². The predicted octanol–water partition coefficient (Wildman–Crippen LogP) is 3.86. The van der Waals surface area contributed by atoms with Crippen LogP contribution in [0.2, 0.25) is 0 Å². The molecule has 1 aromatic carbocycles. The lowest BCUT2D eigenvalue weighted by Crippen LogP contribution is -2.22. The minimum absolute atomic E-state index is 0.178. The fourth-order valence-electron chi connectivity index (χ4n) is 1.61. The average Bonchev–Trinajstić information content (AvgIpc) is 2.35. The van der Waals surface area contributed by atoms with Crippen molar-refractivity contribution in [2.75, 3.05) is 25.1 Å². The monoisotopic (exact) mass is 353 g/mol. The van der Waals surface area contributed by atoms with Crippen molar-refractivity contribution in [3.8, 4) is 0 Å². The molecule has 0 atom stereocenters. The van der Waals surface area contributed by atoms with Gasteiger partial charge in [-0.3, -0.25) is 4.79 Å². The fourth-order valence-corrected chi connectivity index (χ4v) is 2.29. The fraction of sp³-hybridized carbons (Fsp3) is 0.462. The number of carbonyl (C=O) groups excluding carboxylic acids is 1. The topological polar surface area (TPSA) is 29.5 Å². The van der Waals surface area contributed by atoms with Crippen LogP contribution in [-0.4, -0.2) is 26.2 Å². The standard InChI is InChI=1S/C13H15BrF3NO2/c1-3-20-12(19)6-7-18(2)11-5-4-9(8-10(11)14)13(15,16)17/h4-5,8H,3,6-7H2,1-2H3. The van der Waals surface area contributed by atoms with Crippen molar-refractivity contribution < 1.29 is 22.7 Å². The highest BCUT2D eigenvalue weighted by Gasteiger charge is 2.31. The van der Waals surface area contributed by atoms with E-state index in [1.165, 1.54) is 6.07 Å². The number of nitrogens with zero attached hydrogens (tertiary/aromatic N) is 1. The second-order valence-corrected chi connectivity index (χ2v) is 4.99. The summed E-state index contributed by atoms with van der Waals surface area (Å²) in [6.45, 7) is 2.39. The summed E-state index contributed by atoms with van der Waals surface area (Å²) in [5, 5.41) is 0. The van der Waals surface area contributed by atoms with Crippen LogP contribution in [0.5, 0.6) is 0 Å². The van der Waals surface area contributed by atoms with E-state index < -0.39 is 11.7 Å². The number of halogens is 4. The number of alkyl halides is 3. The van der Waals surface area contributed by atoms with Gasteiger partial charge in [0.25, 0.3) is 0 Å². The molecule has 0 aromatic heterocycles. The normalized spacial score (nSPS) is 11.3. The molecule has 3 nitrogen and oxygen atoms in total. The lowest BCUT2D eigenvalue weighted by molar-refractivity contribution is -0.142. The van der Waals surface area contributed by atoms with Crippen molar-refractivity contribution in [2.45, 2.75) is 19.5 Å². The third kappa shape index (κ3) is 4.70. The minimum atomic E-state index is -4.37. The number of hydrogen-bond acceptors (Lipinski definition) is 3. The molecule has 0 fully saturated rings. The molecule has 0 amide bonds. The van der Waals surface area contributed by atoms with Gasteiger partial charge in [-0.15, -0.1) is 0 Å². The molecule has 0 N–H and O–H groups in total. The van der Waals surface area contributed by atoms with E-state index in [0.29, 0.717) is 23.3 Å². The Balaban J connectivity index is 2.74. The molecule has 0 aliphatic rings. The van der Waals surface area contributed by atoms with Crippen LogP contribution in [0.15, 0.2) is 22.7 Å². The Labute approximate surface area is 123 Å². The van der Waals surface area contributed by atoms with Crippen molar-refractivity contribution in [3.05, 3.63) is 28.2 Å². The van der Waals surface area contributed by atoms with Gasteiger partial charge in [0, 0.05) is 18.1 Å². The highest BCUT2D eigenvalue weighted by molar-refractivity contribution is 9.10. The number of anilines is 1. The Hall–Kier alpha value is -1.24. The molecular formula is C13H15BrF3NO2. The maximum absolute atomic E-state index is 12.5. The SMILES string of the molecule is CCOC(=O)CCN(C)c1ccc(C(F)(F)F)cc1Br. The van der Waals surface area contributed by atoms with Crippen LogP contribution in [0.25, 0.3) is 0 Å². The smallest absolute Gasteiger partial charge is 0.416 e. The zero-order chi connectivity index (χ0) is 15.3. The van der Waals surface area contributed by atoms with Crippen LogP contribution >= 0.6 is 15.9 Å². The van der Waals surface area contributed by atoms with E-state index in [2.05, 4.69) is 15.9 Å². The first-order chi connectivity index (χ1) is 9.25. The first-order valence-corrected chi connectivity index (χ1v) is 6.78. The van der Waals surface area contributed by atoms with Crippen molar-refractivity contribution in [2.24, 2.45) is 0 Å². The molecule has 1 aromatic rings. The van der Waals surface area contributed by atoms with Crippen LogP contribution in [0, 0.1) is 0 Å². The predicted molar refractivity (Wildman–Crippen MR) is 73.7 cm³/mol. The van der Waals surface area contributed by atoms with Gasteiger partial charge in [0.15, 0.2) is 0 Å². The molecule has 0 bridgehead atoms. The summed E-state index contributed by atoms with van der Waals surface area (Å²) in [5.41, 5.74) is -0.130. The minimum Gasteiger partial charge on any atom is -0.466 e. The molecule has 112 valence electrons. The number of esters is 1. The third-order valence-electron chi connectivity index (χ3n) is 2.64. The van der Waals surface area contributed by atoms with E-state index in [1.54, 1.807) is 18.9 Å². The van der Waals surface area contributed by atoms with Crippen LogP contribution < -0.4 is 4.90 Å². The Kier molecular flexibility index (Phi) is 5.86. The van der Waals surface area contributed by atoms with Gasteiger partial charge >= 0.3 is 12.1 Å². The molecule has 0 unspecified atom stereocenters. The summed E-state index contributed by atoms with van der Waals surface area (Å²) in [4.78, 5) is 12.9. The molecule has 0 aliphatic carbocycles. The largest absolute Gasteiger partial charge is 0.466 e. The zero-order valence-corrected chi connectivity index (χ0v) is 12.7. The first kappa shape index (κ1) is 16.8. The number of hydrogen-bond donors (Lipinski definition) is 0. The molecule has 0 aliphatic heterocycles. The molecule has 0 saturated heterocycles. The van der Waals surface area contributed by atoms with E-state index >= 15 is 0 Å². The van der Waals surface area contributed by atoms with E-state index in [1.807, 2.05) is 0 Å². The Morgan fingerprint density at radius 3 is 2.55 bits per heavy atom. The molecule has 0 saturated carbocycles. The zero-order valence-electron chi connectivity index (χ0n) is 11.1. The van der Waals surface area contributed by atoms with Gasteiger partial charge in [0.2, 0.25) is 0 Å². The molecule has 0 radical (unpaired) electrons. The lowest BCUT2D eigenvalue weighted by atomic mass is 10.2. The number of carbonyl (C=O) groups is 1. The molecule has 1 rings (SSSR count). The van der Waals surface area contributed by atoms with Crippen LogP contribution in [0.4, 0.5) is 18.9 Å². The summed E-state index contributed by atoms with van der Waals surface area (Å²) in [7, 11) is 1.70. The van der Waals surface area contributed by atoms with E-state index in [-0.39, 0.29) is 12.4 Å². The Morgan fingerprint density at radius 2 is 2.05 bits per heavy atom. The van der Waals surface area contributed by atoms with Crippen LogP contribution in [0.3, 0.4) is 0 Å². The summed E-state index contributed by atoms with van der Waals surface area (Å²) >= 11 is 3.12. The first-order valence-electron chi connectivity index (χ1n) is 5.99. The summed E-state index contributed by atoms with van der Waals surface area (Å²) in [6.07, 6.45) is -4.19. The summed E-state index contributed by atoms with van der Waals surface area (Å²) in [5.74, 6) is -0.331. The Morgan fingerprint density at radius 1 is 1.40 bits per heavy atom. The van der Waals surface area contributed by atoms with Gasteiger partial charge < -0.3 is 9.64 Å². The highest BCUT2D eigenvalue weighted by atomic mass is 79.9. The molecular weight excluding hydrogens is 339 g/mol. The van der Waals surface area contributed by atoms with Gasteiger partial charge in [-0.25, -0.2) is 0 Å². The maximum Gasteiger partial charge on any atom is 0.416 e. The number of ether oxygens (including phenoxy) is 1. The second kappa shape index (κ2) is 6.97. The summed E-state index contributed by atoms with van der Waals surface area (Å²) in [6, 6.07) is 3.41. The van der Waals surface area contributed by atoms with Crippen LogP contribution in [0.1, 0.15) is 18.9 Å². The quantitative estimate of drug-likeness (QED) is 0.753. The van der Waals surface area contributed by atoms with E-state index in [4.69, 9.17) is 4.74 Å². The maximum atomic E-state index is 12.5. The highest BCUT2D eigenvalue weighted by Crippen LogP contribution is 2.34. The van der Waals surface area contributed by atoms with Crippen LogP contribution in [-0.2, 0) is 15.7 Å². The Bertz CT molecular complexity index is 477. The van der Waals surface area contributed by atoms with Crippen molar-refractivity contribution in [3.63, 3.8) is 0 Å². The molecule has 0 heterocycles. The molecule has 0 spiro atoms. The average molecular weight is 354 g/mol. The van der Waals surface area contributed by atoms with Crippen molar-refractivity contribution in [1.82, 2.24) is 0 Å².